The quantitative estimate of drug-likeness (QED) is 0.0262. The monoisotopic (exact) mass is 871 g/mol. The lowest BCUT2D eigenvalue weighted by Gasteiger charge is -2.18. The first-order valence-corrected chi connectivity index (χ1v) is 27.0. The molecule has 0 aliphatic carbocycles. The van der Waals surface area contributed by atoms with E-state index in [1.807, 2.05) is 0 Å². The summed E-state index contributed by atoms with van der Waals surface area (Å²) in [7, 11) is 0. The van der Waals surface area contributed by atoms with E-state index in [2.05, 4.69) is 57.2 Å². The number of ether oxygens (including phenoxy) is 3. The van der Waals surface area contributed by atoms with Crippen LogP contribution in [0.1, 0.15) is 284 Å². The molecule has 1 atom stereocenters. The largest absolute Gasteiger partial charge is 0.462 e. The Morgan fingerprint density at radius 2 is 0.629 bits per heavy atom. The highest BCUT2D eigenvalue weighted by Crippen LogP contribution is 2.16. The Labute approximate surface area is 385 Å². The molecule has 0 saturated carbocycles. The summed E-state index contributed by atoms with van der Waals surface area (Å²) in [6.45, 7) is 6.54. The zero-order chi connectivity index (χ0) is 45.1. The van der Waals surface area contributed by atoms with E-state index in [0.29, 0.717) is 19.3 Å². The van der Waals surface area contributed by atoms with Crippen LogP contribution < -0.4 is 0 Å². The fraction of sp³-hybridized carbons (Fsp3) is 0.839. The minimum atomic E-state index is -0.776. The number of unbranched alkanes of at least 4 members (excludes halogenated alkanes) is 32. The van der Waals surface area contributed by atoms with Crippen LogP contribution >= 0.6 is 0 Å². The second-order valence-corrected chi connectivity index (χ2v) is 18.1. The van der Waals surface area contributed by atoms with Gasteiger partial charge in [-0.1, -0.05) is 250 Å². The molecule has 0 aromatic heterocycles. The highest BCUT2D eigenvalue weighted by Gasteiger charge is 2.19. The second kappa shape index (κ2) is 51.3. The third kappa shape index (κ3) is 48.7. The Kier molecular flexibility index (Phi) is 49.3. The average Bonchev–Trinajstić information content (AvgIpc) is 3.27. The summed E-state index contributed by atoms with van der Waals surface area (Å²) in [5.41, 5.74) is 0. The number of rotatable bonds is 49. The summed E-state index contributed by atoms with van der Waals surface area (Å²) < 4.78 is 16.8. The summed E-state index contributed by atoms with van der Waals surface area (Å²) in [4.78, 5) is 38.0. The Bertz CT molecular complexity index is 1050. The van der Waals surface area contributed by atoms with Gasteiger partial charge in [0.1, 0.15) is 13.2 Å². The van der Waals surface area contributed by atoms with E-state index in [0.717, 1.165) is 96.3 Å². The highest BCUT2D eigenvalue weighted by molar-refractivity contribution is 5.71. The average molecular weight is 871 g/mol. The normalized spacial score (nSPS) is 12.2. The first-order chi connectivity index (χ1) is 30.5. The van der Waals surface area contributed by atoms with E-state index < -0.39 is 6.10 Å². The number of esters is 3. The van der Waals surface area contributed by atoms with Crippen LogP contribution in [-0.4, -0.2) is 37.2 Å². The molecule has 0 bridgehead atoms. The molecule has 0 saturated heterocycles. The van der Waals surface area contributed by atoms with Crippen molar-refractivity contribution in [3.05, 3.63) is 36.5 Å². The van der Waals surface area contributed by atoms with Crippen LogP contribution in [0, 0.1) is 0 Å². The molecular formula is C56H102O6. The standard InChI is InChI=1S/C56H102O6/c1-4-7-10-13-16-19-22-25-27-29-31-34-37-40-43-46-49-55(58)61-52-53(51-60-54(57)48-45-42-39-36-33-30-24-21-18-15-12-9-6-3)62-56(59)50-47-44-41-38-35-32-28-26-23-20-17-14-11-8-5-2/h8,11,17,20,26,28,53H,4-7,9-10,12-16,18-19,21-25,27,29-52H2,1-3H3/b11-8-,20-17-,28-26-/t53-/m1/s1. The van der Waals surface area contributed by atoms with Gasteiger partial charge in [0.2, 0.25) is 0 Å². The predicted octanol–water partition coefficient (Wildman–Crippen LogP) is 17.7. The maximum Gasteiger partial charge on any atom is 0.306 e. The summed E-state index contributed by atoms with van der Waals surface area (Å²) in [6.07, 6.45) is 59.8. The van der Waals surface area contributed by atoms with Gasteiger partial charge in [-0.25, -0.2) is 0 Å². The molecule has 0 radical (unpaired) electrons. The molecule has 6 heteroatoms. The van der Waals surface area contributed by atoms with Crippen LogP contribution in [-0.2, 0) is 28.6 Å². The van der Waals surface area contributed by atoms with Gasteiger partial charge < -0.3 is 14.2 Å². The van der Waals surface area contributed by atoms with Crippen molar-refractivity contribution in [3.63, 3.8) is 0 Å². The van der Waals surface area contributed by atoms with E-state index in [1.165, 1.54) is 148 Å². The molecule has 0 N–H and O–H groups in total. The first-order valence-electron chi connectivity index (χ1n) is 27.0. The van der Waals surface area contributed by atoms with Gasteiger partial charge in [-0.3, -0.25) is 14.4 Å². The number of carbonyl (C=O) groups excluding carboxylic acids is 3. The van der Waals surface area contributed by atoms with E-state index in [4.69, 9.17) is 14.2 Å². The SMILES string of the molecule is CC/C=C\C/C=C\C/C=C\CCCCCCCC(=O)O[C@H](COC(=O)CCCCCCCCCCCCCCC)COC(=O)CCCCCCCCCCCCCCCCCC. The number of hydrogen-bond donors (Lipinski definition) is 0. The maximum absolute atomic E-state index is 12.8. The third-order valence-electron chi connectivity index (χ3n) is 11.9. The van der Waals surface area contributed by atoms with Crippen LogP contribution in [0.5, 0.6) is 0 Å². The molecule has 0 aromatic carbocycles. The smallest absolute Gasteiger partial charge is 0.306 e. The molecule has 0 heterocycles. The van der Waals surface area contributed by atoms with Crippen molar-refractivity contribution in [2.24, 2.45) is 0 Å². The summed E-state index contributed by atoms with van der Waals surface area (Å²) in [6, 6.07) is 0. The fourth-order valence-electron chi connectivity index (χ4n) is 7.87. The molecule has 0 aliphatic rings. The van der Waals surface area contributed by atoms with E-state index >= 15 is 0 Å². The van der Waals surface area contributed by atoms with Crippen LogP contribution in [0.3, 0.4) is 0 Å². The number of allylic oxidation sites excluding steroid dienone is 6. The van der Waals surface area contributed by atoms with Crippen molar-refractivity contribution in [2.75, 3.05) is 13.2 Å². The van der Waals surface area contributed by atoms with Gasteiger partial charge in [-0.05, 0) is 51.4 Å². The lowest BCUT2D eigenvalue weighted by Crippen LogP contribution is -2.30. The van der Waals surface area contributed by atoms with Crippen molar-refractivity contribution in [1.82, 2.24) is 0 Å². The zero-order valence-corrected chi connectivity index (χ0v) is 41.4. The molecule has 0 unspecified atom stereocenters. The molecule has 6 nitrogen and oxygen atoms in total. The van der Waals surface area contributed by atoms with Crippen molar-refractivity contribution >= 4 is 17.9 Å². The summed E-state index contributed by atoms with van der Waals surface area (Å²) in [5.74, 6) is -0.877. The van der Waals surface area contributed by atoms with Crippen molar-refractivity contribution in [3.8, 4) is 0 Å². The van der Waals surface area contributed by atoms with Gasteiger partial charge in [0, 0.05) is 19.3 Å². The lowest BCUT2D eigenvalue weighted by molar-refractivity contribution is -0.167. The van der Waals surface area contributed by atoms with Gasteiger partial charge in [0.05, 0.1) is 0 Å². The van der Waals surface area contributed by atoms with E-state index in [-0.39, 0.29) is 31.1 Å². The van der Waals surface area contributed by atoms with Crippen LogP contribution in [0.25, 0.3) is 0 Å². The summed E-state index contributed by atoms with van der Waals surface area (Å²) in [5, 5.41) is 0. The molecule has 0 aromatic rings. The predicted molar refractivity (Wildman–Crippen MR) is 266 cm³/mol. The van der Waals surface area contributed by atoms with Crippen LogP contribution in [0.4, 0.5) is 0 Å². The lowest BCUT2D eigenvalue weighted by atomic mass is 10.0. The van der Waals surface area contributed by atoms with Crippen LogP contribution in [0.2, 0.25) is 0 Å². The zero-order valence-electron chi connectivity index (χ0n) is 41.4. The molecule has 0 amide bonds. The number of carbonyl (C=O) groups is 3. The van der Waals surface area contributed by atoms with Gasteiger partial charge >= 0.3 is 17.9 Å². The molecule has 0 fully saturated rings. The minimum absolute atomic E-state index is 0.0747. The van der Waals surface area contributed by atoms with Crippen molar-refractivity contribution in [1.29, 1.82) is 0 Å². The summed E-state index contributed by atoms with van der Waals surface area (Å²) >= 11 is 0. The highest BCUT2D eigenvalue weighted by atomic mass is 16.6. The fourth-order valence-corrected chi connectivity index (χ4v) is 7.87. The van der Waals surface area contributed by atoms with Crippen LogP contribution in [0.15, 0.2) is 36.5 Å². The maximum atomic E-state index is 12.8. The molecule has 0 spiro atoms. The Morgan fingerprint density at radius 1 is 0.339 bits per heavy atom. The van der Waals surface area contributed by atoms with E-state index in [1.54, 1.807) is 0 Å². The van der Waals surface area contributed by atoms with E-state index in [9.17, 15) is 14.4 Å². The first kappa shape index (κ1) is 59.6. The molecular weight excluding hydrogens is 769 g/mol. The van der Waals surface area contributed by atoms with Crippen molar-refractivity contribution in [2.45, 2.75) is 290 Å². The third-order valence-corrected chi connectivity index (χ3v) is 11.9. The van der Waals surface area contributed by atoms with Gasteiger partial charge in [-0.2, -0.15) is 0 Å². The molecule has 0 rings (SSSR count). The van der Waals surface area contributed by atoms with Gasteiger partial charge in [0.15, 0.2) is 6.10 Å². The Hall–Kier alpha value is -2.37. The topological polar surface area (TPSA) is 78.9 Å². The second-order valence-electron chi connectivity index (χ2n) is 18.1. The molecule has 0 aliphatic heterocycles. The Balaban J connectivity index is 4.36. The van der Waals surface area contributed by atoms with Gasteiger partial charge in [-0.15, -0.1) is 0 Å². The van der Waals surface area contributed by atoms with Gasteiger partial charge in [0.25, 0.3) is 0 Å². The Morgan fingerprint density at radius 3 is 0.984 bits per heavy atom. The minimum Gasteiger partial charge on any atom is -0.462 e. The molecule has 362 valence electrons. The molecule has 62 heavy (non-hydrogen) atoms. The number of hydrogen-bond acceptors (Lipinski definition) is 6. The van der Waals surface area contributed by atoms with Crippen molar-refractivity contribution < 1.29 is 28.6 Å².